The minimum atomic E-state index is 0.0405. The fraction of sp³-hybridized carbons (Fsp3) is 0.973. The molecule has 0 aromatic carbocycles. The van der Waals surface area contributed by atoms with Gasteiger partial charge in [-0.2, -0.15) is 0 Å². The van der Waals surface area contributed by atoms with Crippen LogP contribution in [0.4, 0.5) is 0 Å². The molecule has 0 saturated carbocycles. The van der Waals surface area contributed by atoms with Crippen LogP contribution < -0.4 is 0 Å². The smallest absolute Gasteiger partial charge is 0.305 e. The van der Waals surface area contributed by atoms with Gasteiger partial charge in [-0.25, -0.2) is 0 Å². The molecule has 0 radical (unpaired) electrons. The third-order valence-corrected chi connectivity index (χ3v) is 8.83. The third kappa shape index (κ3) is 28.8. The van der Waals surface area contributed by atoms with Crippen LogP contribution in [0.2, 0.25) is 0 Å². The summed E-state index contributed by atoms with van der Waals surface area (Å²) in [4.78, 5) is 12.5. The van der Waals surface area contributed by atoms with E-state index < -0.39 is 0 Å². The van der Waals surface area contributed by atoms with Crippen molar-refractivity contribution >= 4 is 5.97 Å². The first kappa shape index (κ1) is 38.5. The van der Waals surface area contributed by atoms with Gasteiger partial charge in [0.15, 0.2) is 0 Å². The summed E-state index contributed by atoms with van der Waals surface area (Å²) in [6.07, 6.45) is 39.6. The molecular weight excluding hydrogens is 476 g/mol. The van der Waals surface area contributed by atoms with Crippen LogP contribution in [-0.4, -0.2) is 12.6 Å². The first-order valence-corrected chi connectivity index (χ1v) is 18.2. The van der Waals surface area contributed by atoms with Gasteiger partial charge in [0.2, 0.25) is 0 Å². The van der Waals surface area contributed by atoms with Crippen LogP contribution in [0.5, 0.6) is 0 Å². The van der Waals surface area contributed by atoms with Crippen molar-refractivity contribution in [2.45, 2.75) is 220 Å². The lowest BCUT2D eigenvalue weighted by atomic mass is 9.80. The molecule has 2 nitrogen and oxygen atoms in total. The van der Waals surface area contributed by atoms with Crippen LogP contribution in [0.3, 0.4) is 0 Å². The van der Waals surface area contributed by atoms with Crippen molar-refractivity contribution in [1.29, 1.82) is 0 Å². The molecular formula is C37H74O2. The van der Waals surface area contributed by atoms with Gasteiger partial charge in [0.25, 0.3) is 0 Å². The van der Waals surface area contributed by atoms with E-state index in [2.05, 4.69) is 27.7 Å². The minimum absolute atomic E-state index is 0.0405. The molecule has 0 aromatic heterocycles. The van der Waals surface area contributed by atoms with E-state index in [9.17, 15) is 4.79 Å². The summed E-state index contributed by atoms with van der Waals surface area (Å²) in [6.45, 7) is 9.85. The quantitative estimate of drug-likeness (QED) is 0.0615. The monoisotopic (exact) mass is 551 g/mol. The van der Waals surface area contributed by atoms with Crippen molar-refractivity contribution < 1.29 is 9.53 Å². The van der Waals surface area contributed by atoms with Gasteiger partial charge in [-0.1, -0.05) is 195 Å². The molecule has 0 rings (SSSR count). The Labute approximate surface area is 247 Å². The summed E-state index contributed by atoms with van der Waals surface area (Å²) < 4.78 is 5.85. The van der Waals surface area contributed by atoms with Crippen LogP contribution >= 0.6 is 0 Å². The molecule has 39 heavy (non-hydrogen) atoms. The highest BCUT2D eigenvalue weighted by Gasteiger charge is 2.25. The maximum atomic E-state index is 12.5. The summed E-state index contributed by atoms with van der Waals surface area (Å²) in [5, 5.41) is 0. The van der Waals surface area contributed by atoms with Gasteiger partial charge < -0.3 is 4.74 Å². The second-order valence-corrected chi connectivity index (χ2v) is 13.2. The maximum absolute atomic E-state index is 12.5. The Morgan fingerprint density at radius 3 is 1.08 bits per heavy atom. The number of carbonyl (C=O) groups excluding carboxylic acids is 1. The topological polar surface area (TPSA) is 26.3 Å². The molecule has 234 valence electrons. The highest BCUT2D eigenvalue weighted by molar-refractivity contribution is 5.69. The SMILES string of the molecule is CCCCCCCCCCCCCCCCCCCC(=O)OCC(C)(CCCCCC)CCCCCCCC. The first-order valence-electron chi connectivity index (χ1n) is 18.2. The molecule has 0 heterocycles. The number of esters is 1. The lowest BCUT2D eigenvalue weighted by Crippen LogP contribution is -2.25. The normalized spacial score (nSPS) is 13.0. The Kier molecular flexibility index (Phi) is 30.0. The molecule has 1 unspecified atom stereocenters. The molecule has 0 saturated heterocycles. The van der Waals surface area contributed by atoms with Crippen molar-refractivity contribution in [2.24, 2.45) is 5.41 Å². The summed E-state index contributed by atoms with van der Waals surface area (Å²) in [6, 6.07) is 0. The van der Waals surface area contributed by atoms with E-state index in [1.165, 1.54) is 180 Å². The maximum Gasteiger partial charge on any atom is 0.305 e. The average molecular weight is 551 g/mol. The first-order chi connectivity index (χ1) is 19.1. The predicted molar refractivity (Wildman–Crippen MR) is 175 cm³/mol. The fourth-order valence-corrected chi connectivity index (χ4v) is 5.90. The molecule has 1 atom stereocenters. The zero-order chi connectivity index (χ0) is 28.7. The van der Waals surface area contributed by atoms with Crippen molar-refractivity contribution in [1.82, 2.24) is 0 Å². The molecule has 0 spiro atoms. The van der Waals surface area contributed by atoms with E-state index in [1.54, 1.807) is 0 Å². The summed E-state index contributed by atoms with van der Waals surface area (Å²) >= 11 is 0. The van der Waals surface area contributed by atoms with Crippen molar-refractivity contribution in [3.05, 3.63) is 0 Å². The molecule has 0 bridgehead atoms. The Balaban J connectivity index is 3.75. The number of rotatable bonds is 32. The van der Waals surface area contributed by atoms with Gasteiger partial charge in [0, 0.05) is 11.8 Å². The van der Waals surface area contributed by atoms with E-state index in [0.717, 1.165) is 6.42 Å². The van der Waals surface area contributed by atoms with Gasteiger partial charge in [0.05, 0.1) is 6.61 Å². The summed E-state index contributed by atoms with van der Waals surface area (Å²) in [5.41, 5.74) is 0.169. The zero-order valence-corrected chi connectivity index (χ0v) is 27.7. The van der Waals surface area contributed by atoms with Crippen LogP contribution in [0.25, 0.3) is 0 Å². The third-order valence-electron chi connectivity index (χ3n) is 8.83. The van der Waals surface area contributed by atoms with Crippen LogP contribution in [0.1, 0.15) is 220 Å². The predicted octanol–water partition coefficient (Wildman–Crippen LogP) is 13.3. The Morgan fingerprint density at radius 1 is 0.436 bits per heavy atom. The molecule has 0 N–H and O–H groups in total. The number of hydrogen-bond acceptors (Lipinski definition) is 2. The molecule has 0 aromatic rings. The molecule has 0 aliphatic heterocycles. The largest absolute Gasteiger partial charge is 0.465 e. The second kappa shape index (κ2) is 30.4. The average Bonchev–Trinajstić information content (AvgIpc) is 2.94. The number of hydrogen-bond donors (Lipinski definition) is 0. The van der Waals surface area contributed by atoms with E-state index in [4.69, 9.17) is 4.74 Å². The van der Waals surface area contributed by atoms with Crippen molar-refractivity contribution in [3.63, 3.8) is 0 Å². The Bertz CT molecular complexity index is 488. The van der Waals surface area contributed by atoms with Crippen LogP contribution in [0.15, 0.2) is 0 Å². The van der Waals surface area contributed by atoms with Gasteiger partial charge >= 0.3 is 5.97 Å². The van der Waals surface area contributed by atoms with Crippen LogP contribution in [-0.2, 0) is 9.53 Å². The molecule has 0 fully saturated rings. The van der Waals surface area contributed by atoms with Crippen molar-refractivity contribution in [3.8, 4) is 0 Å². The highest BCUT2D eigenvalue weighted by atomic mass is 16.5. The highest BCUT2D eigenvalue weighted by Crippen LogP contribution is 2.32. The summed E-state index contributed by atoms with van der Waals surface area (Å²) in [7, 11) is 0. The van der Waals surface area contributed by atoms with Gasteiger partial charge in [-0.05, 0) is 19.3 Å². The number of carbonyl (C=O) groups is 1. The van der Waals surface area contributed by atoms with Gasteiger partial charge in [-0.15, -0.1) is 0 Å². The Morgan fingerprint density at radius 2 is 0.718 bits per heavy atom. The number of unbranched alkanes of at least 4 members (excludes halogenated alkanes) is 24. The molecule has 0 aliphatic rings. The van der Waals surface area contributed by atoms with E-state index in [1.807, 2.05) is 0 Å². The lowest BCUT2D eigenvalue weighted by molar-refractivity contribution is -0.147. The Hall–Kier alpha value is -0.530. The number of ether oxygens (including phenoxy) is 1. The molecule has 0 amide bonds. The van der Waals surface area contributed by atoms with E-state index in [0.29, 0.717) is 13.0 Å². The van der Waals surface area contributed by atoms with E-state index >= 15 is 0 Å². The lowest BCUT2D eigenvalue weighted by Gasteiger charge is -2.29. The van der Waals surface area contributed by atoms with Gasteiger partial charge in [0.1, 0.15) is 0 Å². The second-order valence-electron chi connectivity index (χ2n) is 13.2. The molecule has 0 aliphatic carbocycles. The van der Waals surface area contributed by atoms with E-state index in [-0.39, 0.29) is 11.4 Å². The summed E-state index contributed by atoms with van der Waals surface area (Å²) in [5.74, 6) is 0.0405. The molecule has 2 heteroatoms. The minimum Gasteiger partial charge on any atom is -0.465 e. The van der Waals surface area contributed by atoms with Crippen molar-refractivity contribution in [2.75, 3.05) is 6.61 Å². The zero-order valence-electron chi connectivity index (χ0n) is 27.7. The van der Waals surface area contributed by atoms with Gasteiger partial charge in [-0.3, -0.25) is 4.79 Å². The standard InChI is InChI=1S/C37H74O2/c1-5-8-11-14-16-17-18-19-20-21-22-23-24-25-26-27-29-32-36(38)39-35-37(4,33-30-13-10-7-3)34-31-28-15-12-9-6-2/h5-35H2,1-4H3. The fourth-order valence-electron chi connectivity index (χ4n) is 5.90. The van der Waals surface area contributed by atoms with Crippen LogP contribution in [0, 0.1) is 5.41 Å².